The molecule has 1 atom stereocenters. The normalized spacial score (nSPS) is 19.1. The Labute approximate surface area is 119 Å². The van der Waals surface area contributed by atoms with Crippen LogP contribution in [0, 0.1) is 11.3 Å². The second-order valence-electron chi connectivity index (χ2n) is 6.95. The molecule has 2 N–H and O–H groups in total. The Bertz CT molecular complexity index is 676. The molecule has 1 aromatic carbocycles. The van der Waals surface area contributed by atoms with Crippen molar-refractivity contribution < 1.29 is 9.90 Å². The zero-order valence-electron chi connectivity index (χ0n) is 12.3. The number of rotatable bonds is 1. The number of aromatic amines is 1. The fourth-order valence-corrected chi connectivity index (χ4v) is 3.29. The number of aryl methyl sites for hydroxylation is 1. The lowest BCUT2D eigenvalue weighted by Crippen LogP contribution is -2.26. The van der Waals surface area contributed by atoms with Gasteiger partial charge in [-0.15, -0.1) is 0 Å². The fourth-order valence-electron chi connectivity index (χ4n) is 3.29. The number of H-pyrrole nitrogens is 1. The first-order chi connectivity index (χ1) is 9.36. The van der Waals surface area contributed by atoms with E-state index in [4.69, 9.17) is 5.11 Å². The summed E-state index contributed by atoms with van der Waals surface area (Å²) < 4.78 is 0. The van der Waals surface area contributed by atoms with Crippen molar-refractivity contribution in [1.82, 2.24) is 4.98 Å². The summed E-state index contributed by atoms with van der Waals surface area (Å²) in [6.45, 7) is 6.88. The molecule has 0 saturated heterocycles. The molecule has 3 heteroatoms. The van der Waals surface area contributed by atoms with E-state index in [1.807, 2.05) is 12.1 Å². The summed E-state index contributed by atoms with van der Waals surface area (Å²) in [4.78, 5) is 14.6. The molecule has 0 amide bonds. The van der Waals surface area contributed by atoms with E-state index in [0.717, 1.165) is 23.7 Å². The molecule has 0 unspecified atom stereocenters. The molecule has 1 heterocycles. The highest BCUT2D eigenvalue weighted by atomic mass is 16.4. The van der Waals surface area contributed by atoms with Crippen molar-refractivity contribution in [1.29, 1.82) is 0 Å². The summed E-state index contributed by atoms with van der Waals surface area (Å²) in [6, 6.07) is 5.38. The summed E-state index contributed by atoms with van der Waals surface area (Å²) in [7, 11) is 0. The minimum absolute atomic E-state index is 0.297. The molecule has 106 valence electrons. The smallest absolute Gasteiger partial charge is 0.335 e. The average Bonchev–Trinajstić information content (AvgIpc) is 2.74. The van der Waals surface area contributed by atoms with Gasteiger partial charge in [-0.25, -0.2) is 4.79 Å². The molecule has 2 aromatic rings. The van der Waals surface area contributed by atoms with Crippen LogP contribution in [0.4, 0.5) is 0 Å². The number of benzene rings is 1. The molecule has 0 aliphatic heterocycles. The lowest BCUT2D eigenvalue weighted by atomic mass is 9.71. The van der Waals surface area contributed by atoms with Gasteiger partial charge in [0.2, 0.25) is 0 Å². The lowest BCUT2D eigenvalue weighted by molar-refractivity contribution is 0.0697. The van der Waals surface area contributed by atoms with E-state index < -0.39 is 5.97 Å². The van der Waals surface area contributed by atoms with Crippen molar-refractivity contribution in [3.63, 3.8) is 0 Å². The number of fused-ring (bicyclic) bond motifs is 3. The fraction of sp³-hybridized carbons (Fsp3) is 0.471. The van der Waals surface area contributed by atoms with Crippen LogP contribution in [0.25, 0.3) is 10.9 Å². The van der Waals surface area contributed by atoms with Crippen LogP contribution >= 0.6 is 0 Å². The van der Waals surface area contributed by atoms with E-state index in [0.29, 0.717) is 16.9 Å². The monoisotopic (exact) mass is 271 g/mol. The Hall–Kier alpha value is -1.77. The van der Waals surface area contributed by atoms with E-state index in [1.165, 1.54) is 17.7 Å². The molecule has 0 saturated carbocycles. The van der Waals surface area contributed by atoms with E-state index >= 15 is 0 Å². The van der Waals surface area contributed by atoms with Crippen molar-refractivity contribution in [2.75, 3.05) is 0 Å². The Morgan fingerprint density at radius 3 is 2.75 bits per heavy atom. The molecule has 0 spiro atoms. The number of aromatic carboxylic acids is 1. The van der Waals surface area contributed by atoms with Gasteiger partial charge in [0, 0.05) is 16.6 Å². The molecule has 1 aliphatic carbocycles. The zero-order valence-corrected chi connectivity index (χ0v) is 12.3. The van der Waals surface area contributed by atoms with Crippen LogP contribution in [-0.4, -0.2) is 16.1 Å². The summed E-state index contributed by atoms with van der Waals surface area (Å²) in [6.07, 6.45) is 3.31. The van der Waals surface area contributed by atoms with Gasteiger partial charge in [-0.2, -0.15) is 0 Å². The van der Waals surface area contributed by atoms with Gasteiger partial charge in [0.25, 0.3) is 0 Å². The predicted octanol–water partition coefficient (Wildman–Crippen LogP) is 4.02. The van der Waals surface area contributed by atoms with Gasteiger partial charge in [0.05, 0.1) is 5.56 Å². The lowest BCUT2D eigenvalue weighted by Gasteiger charge is -2.34. The predicted molar refractivity (Wildman–Crippen MR) is 80.2 cm³/mol. The van der Waals surface area contributed by atoms with E-state index in [2.05, 4.69) is 25.8 Å². The summed E-state index contributed by atoms with van der Waals surface area (Å²) in [5, 5.41) is 10.2. The van der Waals surface area contributed by atoms with Gasteiger partial charge in [-0.3, -0.25) is 0 Å². The largest absolute Gasteiger partial charge is 0.478 e. The van der Waals surface area contributed by atoms with E-state index in [1.54, 1.807) is 6.07 Å². The Balaban J connectivity index is 2.09. The van der Waals surface area contributed by atoms with Gasteiger partial charge in [0.15, 0.2) is 0 Å². The molecule has 20 heavy (non-hydrogen) atoms. The number of nitrogens with one attached hydrogen (secondary N) is 1. The quantitative estimate of drug-likeness (QED) is 0.823. The summed E-state index contributed by atoms with van der Waals surface area (Å²) in [5.74, 6) is -0.201. The van der Waals surface area contributed by atoms with Crippen LogP contribution in [0.15, 0.2) is 18.2 Å². The maximum atomic E-state index is 11.1. The van der Waals surface area contributed by atoms with Crippen LogP contribution in [0.3, 0.4) is 0 Å². The van der Waals surface area contributed by atoms with Crippen molar-refractivity contribution in [3.8, 4) is 0 Å². The van der Waals surface area contributed by atoms with Crippen LogP contribution < -0.4 is 0 Å². The second kappa shape index (κ2) is 4.37. The Morgan fingerprint density at radius 2 is 2.10 bits per heavy atom. The summed E-state index contributed by atoms with van der Waals surface area (Å²) >= 11 is 0. The highest BCUT2D eigenvalue weighted by Crippen LogP contribution is 2.39. The molecule has 0 fully saturated rings. The van der Waals surface area contributed by atoms with Crippen LogP contribution in [0.2, 0.25) is 0 Å². The molecular formula is C17H21NO2. The van der Waals surface area contributed by atoms with Gasteiger partial charge in [-0.1, -0.05) is 20.8 Å². The minimum atomic E-state index is -0.856. The molecule has 1 aromatic heterocycles. The summed E-state index contributed by atoms with van der Waals surface area (Å²) in [5.41, 5.74) is 4.36. The van der Waals surface area contributed by atoms with Crippen LogP contribution in [0.5, 0.6) is 0 Å². The first-order valence-corrected chi connectivity index (χ1v) is 7.23. The highest BCUT2D eigenvalue weighted by molar-refractivity contribution is 5.95. The van der Waals surface area contributed by atoms with Crippen molar-refractivity contribution >= 4 is 16.9 Å². The molecule has 0 bridgehead atoms. The standard InChI is InChI=1S/C17H21NO2/c1-17(2,3)11-5-7-15-13(9-11)12-8-10(16(19)20)4-6-14(12)18-15/h4,6,8,11,18H,5,7,9H2,1-3H3,(H,19,20)/t11-/m0/s1. The second-order valence-corrected chi connectivity index (χ2v) is 6.95. The topological polar surface area (TPSA) is 53.1 Å². The third-order valence-corrected chi connectivity index (χ3v) is 4.66. The third kappa shape index (κ3) is 2.11. The SMILES string of the molecule is CC(C)(C)[C@H]1CCc2[nH]c3ccc(C(=O)O)cc3c2C1. The van der Waals surface area contributed by atoms with Gasteiger partial charge >= 0.3 is 5.97 Å². The maximum Gasteiger partial charge on any atom is 0.335 e. The highest BCUT2D eigenvalue weighted by Gasteiger charge is 2.30. The van der Waals surface area contributed by atoms with Crippen molar-refractivity contribution in [3.05, 3.63) is 35.0 Å². The maximum absolute atomic E-state index is 11.1. The van der Waals surface area contributed by atoms with Gasteiger partial charge in [-0.05, 0) is 54.4 Å². The number of carboxylic acid groups (broad SMARTS) is 1. The Kier molecular flexibility index (Phi) is 2.89. The van der Waals surface area contributed by atoms with Crippen LogP contribution in [0.1, 0.15) is 48.8 Å². The van der Waals surface area contributed by atoms with Crippen molar-refractivity contribution in [2.45, 2.75) is 40.0 Å². The minimum Gasteiger partial charge on any atom is -0.478 e. The number of aromatic nitrogens is 1. The number of hydrogen-bond donors (Lipinski definition) is 2. The number of hydrogen-bond acceptors (Lipinski definition) is 1. The Morgan fingerprint density at radius 1 is 1.35 bits per heavy atom. The van der Waals surface area contributed by atoms with Gasteiger partial charge < -0.3 is 10.1 Å². The van der Waals surface area contributed by atoms with E-state index in [9.17, 15) is 4.79 Å². The van der Waals surface area contributed by atoms with Crippen molar-refractivity contribution in [2.24, 2.45) is 11.3 Å². The molecule has 3 rings (SSSR count). The third-order valence-electron chi connectivity index (χ3n) is 4.66. The first kappa shape index (κ1) is 13.2. The zero-order chi connectivity index (χ0) is 14.5. The first-order valence-electron chi connectivity index (χ1n) is 7.23. The molecule has 0 radical (unpaired) electrons. The molecule has 3 nitrogen and oxygen atoms in total. The van der Waals surface area contributed by atoms with Gasteiger partial charge in [0.1, 0.15) is 0 Å². The van der Waals surface area contributed by atoms with Crippen LogP contribution in [-0.2, 0) is 12.8 Å². The number of carbonyl (C=O) groups is 1. The van der Waals surface area contributed by atoms with E-state index in [-0.39, 0.29) is 0 Å². The number of carboxylic acids is 1. The average molecular weight is 271 g/mol. The molecule has 1 aliphatic rings. The molecular weight excluding hydrogens is 250 g/mol.